The van der Waals surface area contributed by atoms with Gasteiger partial charge in [-0.05, 0) is 43.5 Å². The number of amides is 2. The van der Waals surface area contributed by atoms with Crippen molar-refractivity contribution in [1.29, 1.82) is 0 Å². The molecule has 172 valence electrons. The van der Waals surface area contributed by atoms with Crippen LogP contribution in [0.5, 0.6) is 5.75 Å². The molecule has 1 aliphatic rings. The van der Waals surface area contributed by atoms with Crippen LogP contribution in [0, 0.1) is 0 Å². The molecule has 0 saturated heterocycles. The van der Waals surface area contributed by atoms with E-state index in [1.807, 2.05) is 42.5 Å². The zero-order chi connectivity index (χ0) is 23.0. The van der Waals surface area contributed by atoms with Gasteiger partial charge in [-0.2, -0.15) is 0 Å². The minimum Gasteiger partial charge on any atom is -0.494 e. The molecule has 1 saturated carbocycles. The lowest BCUT2D eigenvalue weighted by Gasteiger charge is -2.08. The standard InChI is InChI=1S/C25H27N3O3S2/c1-2-3-15-31-20-13-9-18(10-14-20)23(30)28-24-22(17-7-5-4-6-8-17)27-25(33-24)32-16-21(29)26-19-11-12-19/h4-10,13-14,19H,2-3,11-12,15-16H2,1H3,(H,26,29)(H,28,30). The Bertz CT molecular complexity index is 1080. The highest BCUT2D eigenvalue weighted by molar-refractivity contribution is 8.01. The van der Waals surface area contributed by atoms with Gasteiger partial charge in [0.25, 0.3) is 5.91 Å². The van der Waals surface area contributed by atoms with Gasteiger partial charge in [-0.1, -0.05) is 66.8 Å². The number of rotatable bonds is 11. The molecule has 1 heterocycles. The first-order valence-corrected chi connectivity index (χ1v) is 12.9. The third-order valence-electron chi connectivity index (χ3n) is 5.03. The van der Waals surface area contributed by atoms with Crippen molar-refractivity contribution in [1.82, 2.24) is 10.3 Å². The summed E-state index contributed by atoms with van der Waals surface area (Å²) in [6.07, 6.45) is 4.20. The quantitative estimate of drug-likeness (QED) is 0.275. The van der Waals surface area contributed by atoms with E-state index in [0.717, 1.165) is 41.3 Å². The number of carbonyl (C=O) groups excluding carboxylic acids is 2. The zero-order valence-corrected chi connectivity index (χ0v) is 20.1. The predicted molar refractivity (Wildman–Crippen MR) is 134 cm³/mol. The van der Waals surface area contributed by atoms with Gasteiger partial charge in [0.05, 0.1) is 12.4 Å². The third-order valence-corrected chi connectivity index (χ3v) is 7.15. The number of carbonyl (C=O) groups is 2. The van der Waals surface area contributed by atoms with Crippen LogP contribution in [0.1, 0.15) is 43.0 Å². The minimum absolute atomic E-state index is 0.0193. The van der Waals surface area contributed by atoms with E-state index in [1.54, 1.807) is 12.1 Å². The lowest BCUT2D eigenvalue weighted by atomic mass is 10.1. The van der Waals surface area contributed by atoms with Gasteiger partial charge in [0.2, 0.25) is 5.91 Å². The number of aromatic nitrogens is 1. The van der Waals surface area contributed by atoms with Crippen LogP contribution >= 0.6 is 23.1 Å². The molecule has 33 heavy (non-hydrogen) atoms. The number of ether oxygens (including phenoxy) is 1. The van der Waals surface area contributed by atoms with E-state index in [1.165, 1.54) is 23.1 Å². The number of nitrogens with one attached hydrogen (secondary N) is 2. The second-order valence-electron chi connectivity index (χ2n) is 7.83. The number of unbranched alkanes of at least 4 members (excludes halogenated alkanes) is 1. The fraction of sp³-hybridized carbons (Fsp3) is 0.320. The Morgan fingerprint density at radius 1 is 1.12 bits per heavy atom. The summed E-state index contributed by atoms with van der Waals surface area (Å²) in [4.78, 5) is 29.7. The Hall–Kier alpha value is -2.84. The molecule has 6 nitrogen and oxygen atoms in total. The molecular formula is C25H27N3O3S2. The van der Waals surface area contributed by atoms with Crippen molar-refractivity contribution >= 4 is 39.9 Å². The summed E-state index contributed by atoms with van der Waals surface area (Å²) in [7, 11) is 0. The Morgan fingerprint density at radius 3 is 2.58 bits per heavy atom. The number of thioether (sulfide) groups is 1. The Kier molecular flexibility index (Phi) is 8.01. The highest BCUT2D eigenvalue weighted by Gasteiger charge is 2.23. The van der Waals surface area contributed by atoms with Crippen molar-refractivity contribution in [3.8, 4) is 17.0 Å². The van der Waals surface area contributed by atoms with Gasteiger partial charge in [0, 0.05) is 17.2 Å². The highest BCUT2D eigenvalue weighted by Crippen LogP contribution is 2.38. The fourth-order valence-corrected chi connectivity index (χ4v) is 4.95. The SMILES string of the molecule is CCCCOc1ccc(C(=O)Nc2sc(SCC(=O)NC3CC3)nc2-c2ccccc2)cc1. The zero-order valence-electron chi connectivity index (χ0n) is 18.5. The monoisotopic (exact) mass is 481 g/mol. The van der Waals surface area contributed by atoms with Gasteiger partial charge in [-0.15, -0.1) is 0 Å². The average molecular weight is 482 g/mol. The number of thiazole rings is 1. The number of benzene rings is 2. The van der Waals surface area contributed by atoms with Crippen LogP contribution in [0.2, 0.25) is 0 Å². The number of hydrogen-bond acceptors (Lipinski definition) is 6. The second kappa shape index (κ2) is 11.3. The van der Waals surface area contributed by atoms with Crippen LogP contribution in [0.4, 0.5) is 5.00 Å². The van der Waals surface area contributed by atoms with Crippen molar-refractivity contribution in [2.24, 2.45) is 0 Å². The van der Waals surface area contributed by atoms with Crippen LogP contribution in [0.3, 0.4) is 0 Å². The molecule has 3 aromatic rings. The van der Waals surface area contributed by atoms with Crippen LogP contribution in [-0.4, -0.2) is 35.2 Å². The van der Waals surface area contributed by atoms with E-state index >= 15 is 0 Å². The predicted octanol–water partition coefficient (Wildman–Crippen LogP) is 5.61. The Labute approximate surface area is 202 Å². The Balaban J connectivity index is 1.46. The molecule has 0 bridgehead atoms. The van der Waals surface area contributed by atoms with Crippen molar-refractivity contribution in [2.45, 2.75) is 43.0 Å². The maximum Gasteiger partial charge on any atom is 0.256 e. The molecule has 0 spiro atoms. The first kappa shape index (κ1) is 23.3. The highest BCUT2D eigenvalue weighted by atomic mass is 32.2. The van der Waals surface area contributed by atoms with Gasteiger partial charge < -0.3 is 15.4 Å². The molecule has 1 aromatic heterocycles. The number of hydrogen-bond donors (Lipinski definition) is 2. The van der Waals surface area contributed by atoms with E-state index in [9.17, 15) is 9.59 Å². The first-order chi connectivity index (χ1) is 16.1. The fourth-order valence-electron chi connectivity index (χ4n) is 3.08. The van der Waals surface area contributed by atoms with Crippen molar-refractivity contribution < 1.29 is 14.3 Å². The van der Waals surface area contributed by atoms with Crippen LogP contribution in [0.15, 0.2) is 58.9 Å². The summed E-state index contributed by atoms with van der Waals surface area (Å²) in [5, 5.41) is 6.66. The lowest BCUT2D eigenvalue weighted by molar-refractivity contribution is -0.118. The van der Waals surface area contributed by atoms with Gasteiger partial charge >= 0.3 is 0 Å². The van der Waals surface area contributed by atoms with Crippen molar-refractivity contribution in [2.75, 3.05) is 17.7 Å². The van der Waals surface area contributed by atoms with Crippen LogP contribution < -0.4 is 15.4 Å². The van der Waals surface area contributed by atoms with Gasteiger partial charge in [-0.3, -0.25) is 9.59 Å². The third kappa shape index (κ3) is 6.82. The largest absolute Gasteiger partial charge is 0.494 e. The summed E-state index contributed by atoms with van der Waals surface area (Å²) < 4.78 is 6.42. The van der Waals surface area contributed by atoms with E-state index in [-0.39, 0.29) is 11.8 Å². The maximum atomic E-state index is 12.9. The first-order valence-electron chi connectivity index (χ1n) is 11.1. The molecule has 1 fully saturated rings. The van der Waals surface area contributed by atoms with E-state index in [4.69, 9.17) is 9.72 Å². The summed E-state index contributed by atoms with van der Waals surface area (Å²) in [5.74, 6) is 0.876. The average Bonchev–Trinajstić information content (AvgIpc) is 3.56. The molecule has 0 unspecified atom stereocenters. The summed E-state index contributed by atoms with van der Waals surface area (Å²) in [6, 6.07) is 17.2. The van der Waals surface area contributed by atoms with Crippen LogP contribution in [0.25, 0.3) is 11.3 Å². The lowest BCUT2D eigenvalue weighted by Crippen LogP contribution is -2.26. The van der Waals surface area contributed by atoms with Crippen LogP contribution in [-0.2, 0) is 4.79 Å². The molecule has 2 N–H and O–H groups in total. The summed E-state index contributed by atoms with van der Waals surface area (Å²) in [6.45, 7) is 2.79. The molecule has 1 aliphatic carbocycles. The van der Waals surface area contributed by atoms with Gasteiger partial charge in [-0.25, -0.2) is 4.98 Å². The topological polar surface area (TPSA) is 80.3 Å². The Morgan fingerprint density at radius 2 is 1.88 bits per heavy atom. The molecular weight excluding hydrogens is 454 g/mol. The smallest absolute Gasteiger partial charge is 0.256 e. The number of nitrogens with zero attached hydrogens (tertiary/aromatic N) is 1. The molecule has 0 atom stereocenters. The van der Waals surface area contributed by atoms with Gasteiger partial charge in [0.1, 0.15) is 16.4 Å². The minimum atomic E-state index is -0.209. The van der Waals surface area contributed by atoms with E-state index in [2.05, 4.69) is 17.6 Å². The van der Waals surface area contributed by atoms with Crippen molar-refractivity contribution in [3.05, 3.63) is 60.2 Å². The maximum absolute atomic E-state index is 12.9. The van der Waals surface area contributed by atoms with E-state index in [0.29, 0.717) is 34.7 Å². The van der Waals surface area contributed by atoms with Crippen molar-refractivity contribution in [3.63, 3.8) is 0 Å². The summed E-state index contributed by atoms with van der Waals surface area (Å²) >= 11 is 2.78. The molecule has 4 rings (SSSR count). The summed E-state index contributed by atoms with van der Waals surface area (Å²) in [5.41, 5.74) is 2.17. The molecule has 2 amide bonds. The second-order valence-corrected chi connectivity index (χ2v) is 10.1. The molecule has 2 aromatic carbocycles. The molecule has 0 radical (unpaired) electrons. The molecule has 0 aliphatic heterocycles. The van der Waals surface area contributed by atoms with E-state index < -0.39 is 0 Å². The normalized spacial score (nSPS) is 12.9. The number of anilines is 1. The van der Waals surface area contributed by atoms with Gasteiger partial charge in [0.15, 0.2) is 4.34 Å². The molecule has 8 heteroatoms.